The first kappa shape index (κ1) is 20.8. The van der Waals surface area contributed by atoms with Crippen LogP contribution in [0.2, 0.25) is 0 Å². The number of hydrogen-bond donors (Lipinski definition) is 2. The van der Waals surface area contributed by atoms with E-state index < -0.39 is 0 Å². The molecule has 2 aromatic heterocycles. The van der Waals surface area contributed by atoms with Gasteiger partial charge in [0, 0.05) is 44.5 Å². The van der Waals surface area contributed by atoms with Gasteiger partial charge in [-0.25, -0.2) is 9.78 Å². The number of H-pyrrole nitrogens is 1. The monoisotopic (exact) mass is 400 g/mol. The van der Waals surface area contributed by atoms with Crippen LogP contribution in [0.4, 0.5) is 0 Å². The van der Waals surface area contributed by atoms with Crippen LogP contribution in [0.15, 0.2) is 17.3 Å². The van der Waals surface area contributed by atoms with Crippen LogP contribution in [0.3, 0.4) is 0 Å². The van der Waals surface area contributed by atoms with Crippen molar-refractivity contribution in [1.29, 1.82) is 0 Å². The average molecular weight is 400 g/mol. The van der Waals surface area contributed by atoms with E-state index in [-0.39, 0.29) is 17.5 Å². The zero-order valence-corrected chi connectivity index (χ0v) is 17.2. The van der Waals surface area contributed by atoms with Gasteiger partial charge < -0.3 is 19.8 Å². The smallest absolute Gasteiger partial charge is 0.345 e. The third-order valence-corrected chi connectivity index (χ3v) is 5.61. The summed E-state index contributed by atoms with van der Waals surface area (Å²) in [6, 6.07) is 0. The summed E-state index contributed by atoms with van der Waals surface area (Å²) in [5, 5.41) is 2.96. The summed E-state index contributed by atoms with van der Waals surface area (Å²) in [6.07, 6.45) is 5.87. The third-order valence-electron chi connectivity index (χ3n) is 5.61. The van der Waals surface area contributed by atoms with Crippen molar-refractivity contribution in [2.45, 2.75) is 39.5 Å². The van der Waals surface area contributed by atoms with Gasteiger partial charge in [0.15, 0.2) is 0 Å². The van der Waals surface area contributed by atoms with Gasteiger partial charge in [-0.05, 0) is 44.6 Å². The Kier molecular flexibility index (Phi) is 6.46. The minimum atomic E-state index is -0.354. The number of carbonyl (C=O) groups excluding carboxylic acids is 2. The van der Waals surface area contributed by atoms with Crippen molar-refractivity contribution in [3.8, 4) is 0 Å². The predicted molar refractivity (Wildman–Crippen MR) is 107 cm³/mol. The van der Waals surface area contributed by atoms with Gasteiger partial charge in [-0.3, -0.25) is 9.59 Å². The summed E-state index contributed by atoms with van der Waals surface area (Å²) in [5.74, 6) is 0.361. The molecule has 1 aliphatic heterocycles. The Morgan fingerprint density at radius 1 is 1.28 bits per heavy atom. The number of imidazole rings is 1. The molecule has 2 amide bonds. The zero-order valence-electron chi connectivity index (χ0n) is 17.2. The van der Waals surface area contributed by atoms with Crippen molar-refractivity contribution in [3.05, 3.63) is 45.7 Å². The maximum atomic E-state index is 12.6. The largest absolute Gasteiger partial charge is 0.350 e. The summed E-state index contributed by atoms with van der Waals surface area (Å²) < 4.78 is 1.69. The van der Waals surface area contributed by atoms with E-state index in [1.54, 1.807) is 31.1 Å². The summed E-state index contributed by atoms with van der Waals surface area (Å²) in [7, 11) is 1.79. The molecule has 2 aromatic rings. The molecule has 0 aliphatic carbocycles. The van der Waals surface area contributed by atoms with Crippen molar-refractivity contribution in [2.24, 2.45) is 13.0 Å². The van der Waals surface area contributed by atoms with Gasteiger partial charge >= 0.3 is 5.69 Å². The minimum absolute atomic E-state index is 0.118. The van der Waals surface area contributed by atoms with Gasteiger partial charge in [0.05, 0.1) is 12.5 Å². The number of aryl methyl sites for hydroxylation is 3. The molecule has 0 spiro atoms. The highest BCUT2D eigenvalue weighted by Crippen LogP contribution is 2.18. The molecular formula is C20H28N6O3. The van der Waals surface area contributed by atoms with Crippen LogP contribution in [-0.2, 0) is 18.3 Å². The molecule has 0 atom stereocenters. The molecule has 0 unspecified atom stereocenters. The van der Waals surface area contributed by atoms with Gasteiger partial charge in [0.2, 0.25) is 5.91 Å². The number of likely N-dealkylation sites (tertiary alicyclic amines) is 1. The first-order valence-corrected chi connectivity index (χ1v) is 9.94. The Labute approximate surface area is 169 Å². The minimum Gasteiger partial charge on any atom is -0.350 e. The summed E-state index contributed by atoms with van der Waals surface area (Å²) in [5.41, 5.74) is 2.58. The number of carbonyl (C=O) groups is 2. The molecule has 0 bridgehead atoms. The SMILES string of the molecule is Cc1nc(=O)[nH]c(C)c1CCC(=O)N1CCC(CNC(=O)c2cncn2C)CC1. The lowest BCUT2D eigenvalue weighted by molar-refractivity contribution is -0.132. The van der Waals surface area contributed by atoms with E-state index in [1.165, 1.54) is 0 Å². The molecule has 1 aliphatic rings. The van der Waals surface area contributed by atoms with E-state index in [0.717, 1.165) is 24.1 Å². The number of rotatable bonds is 6. The van der Waals surface area contributed by atoms with Gasteiger partial charge in [-0.1, -0.05) is 0 Å². The Morgan fingerprint density at radius 3 is 2.62 bits per heavy atom. The molecule has 156 valence electrons. The number of hydrogen-bond acceptors (Lipinski definition) is 5. The van der Waals surface area contributed by atoms with Gasteiger partial charge in [-0.15, -0.1) is 0 Å². The fourth-order valence-corrected chi connectivity index (χ4v) is 3.80. The fraction of sp³-hybridized carbons (Fsp3) is 0.550. The van der Waals surface area contributed by atoms with E-state index in [9.17, 15) is 14.4 Å². The molecule has 0 radical (unpaired) electrons. The third kappa shape index (κ3) is 5.10. The van der Waals surface area contributed by atoms with Gasteiger partial charge in [-0.2, -0.15) is 4.98 Å². The van der Waals surface area contributed by atoms with Crippen molar-refractivity contribution in [1.82, 2.24) is 29.7 Å². The number of aromatic nitrogens is 4. The molecule has 9 nitrogen and oxygen atoms in total. The van der Waals surface area contributed by atoms with Gasteiger partial charge in [0.1, 0.15) is 5.69 Å². The Morgan fingerprint density at radius 2 is 2.00 bits per heavy atom. The van der Waals surface area contributed by atoms with Crippen LogP contribution in [0.25, 0.3) is 0 Å². The molecule has 0 aromatic carbocycles. The standard InChI is InChI=1S/C20H28N6O3/c1-13-16(14(2)24-20(29)23-13)4-5-18(27)26-8-6-15(7-9-26)10-22-19(28)17-11-21-12-25(17)3/h11-12,15H,4-10H2,1-3H3,(H,22,28)(H,23,24,29). The zero-order chi connectivity index (χ0) is 21.0. The Balaban J connectivity index is 1.43. The maximum Gasteiger partial charge on any atom is 0.345 e. The Bertz CT molecular complexity index is 914. The number of aromatic amines is 1. The number of nitrogens with one attached hydrogen (secondary N) is 2. The normalized spacial score (nSPS) is 14.8. The van der Waals surface area contributed by atoms with Crippen molar-refractivity contribution < 1.29 is 9.59 Å². The molecule has 3 heterocycles. The highest BCUT2D eigenvalue weighted by Gasteiger charge is 2.23. The second kappa shape index (κ2) is 9.02. The van der Waals surface area contributed by atoms with E-state index in [4.69, 9.17) is 0 Å². The van der Waals surface area contributed by atoms with E-state index in [0.29, 0.717) is 49.8 Å². The molecule has 0 saturated carbocycles. The molecule has 1 saturated heterocycles. The van der Waals surface area contributed by atoms with Crippen molar-refractivity contribution >= 4 is 11.8 Å². The second-order valence-electron chi connectivity index (χ2n) is 7.65. The van der Waals surface area contributed by atoms with E-state index in [1.807, 2.05) is 11.8 Å². The van der Waals surface area contributed by atoms with Crippen molar-refractivity contribution in [3.63, 3.8) is 0 Å². The maximum absolute atomic E-state index is 12.6. The van der Waals surface area contributed by atoms with Crippen LogP contribution < -0.4 is 11.0 Å². The number of amides is 2. The first-order valence-electron chi connectivity index (χ1n) is 9.94. The molecule has 1 fully saturated rings. The van der Waals surface area contributed by atoms with Crippen LogP contribution in [0.5, 0.6) is 0 Å². The second-order valence-corrected chi connectivity index (χ2v) is 7.65. The summed E-state index contributed by atoms with van der Waals surface area (Å²) in [6.45, 7) is 5.64. The van der Waals surface area contributed by atoms with Crippen LogP contribution in [0, 0.1) is 19.8 Å². The number of piperidine rings is 1. The highest BCUT2D eigenvalue weighted by atomic mass is 16.2. The summed E-state index contributed by atoms with van der Waals surface area (Å²) in [4.78, 5) is 48.6. The van der Waals surface area contributed by atoms with Crippen LogP contribution in [-0.4, -0.2) is 55.9 Å². The molecule has 2 N–H and O–H groups in total. The lowest BCUT2D eigenvalue weighted by Gasteiger charge is -2.32. The highest BCUT2D eigenvalue weighted by molar-refractivity contribution is 5.92. The molecular weight excluding hydrogens is 372 g/mol. The average Bonchev–Trinajstić information content (AvgIpc) is 3.11. The van der Waals surface area contributed by atoms with Crippen molar-refractivity contribution in [2.75, 3.05) is 19.6 Å². The first-order chi connectivity index (χ1) is 13.8. The number of nitrogens with zero attached hydrogens (tertiary/aromatic N) is 4. The molecule has 9 heteroatoms. The lowest BCUT2D eigenvalue weighted by atomic mass is 9.96. The molecule has 3 rings (SSSR count). The van der Waals surface area contributed by atoms with Crippen LogP contribution in [0.1, 0.15) is 46.7 Å². The van der Waals surface area contributed by atoms with E-state index >= 15 is 0 Å². The van der Waals surface area contributed by atoms with Crippen LogP contribution >= 0.6 is 0 Å². The summed E-state index contributed by atoms with van der Waals surface area (Å²) >= 11 is 0. The van der Waals surface area contributed by atoms with E-state index in [2.05, 4.69) is 20.3 Å². The molecule has 29 heavy (non-hydrogen) atoms. The fourth-order valence-electron chi connectivity index (χ4n) is 3.80. The quantitative estimate of drug-likeness (QED) is 0.742. The topological polar surface area (TPSA) is 113 Å². The Hall–Kier alpha value is -2.97. The van der Waals surface area contributed by atoms with Gasteiger partial charge in [0.25, 0.3) is 5.91 Å². The lowest BCUT2D eigenvalue weighted by Crippen LogP contribution is -2.41. The predicted octanol–water partition coefficient (Wildman–Crippen LogP) is 0.721.